The molecule has 10 heteroatoms. The van der Waals surface area contributed by atoms with Crippen molar-refractivity contribution in [3.05, 3.63) is 58.3 Å². The molecule has 0 saturated heterocycles. The van der Waals surface area contributed by atoms with Gasteiger partial charge in [-0.05, 0) is 24.3 Å². The average molecular weight is 386 g/mol. The number of hydrogen-bond donors (Lipinski definition) is 1. The normalized spacial score (nSPS) is 10.7. The van der Waals surface area contributed by atoms with Gasteiger partial charge in [0.05, 0.1) is 21.4 Å². The highest BCUT2D eigenvalue weighted by atomic mass is 35.5. The number of ether oxygens (including phenoxy) is 1. The second-order valence-corrected chi connectivity index (χ2v) is 5.56. The Morgan fingerprint density at radius 3 is 2.56 bits per heavy atom. The van der Waals surface area contributed by atoms with E-state index in [4.69, 9.17) is 28.3 Å². The molecule has 3 aromatic rings. The van der Waals surface area contributed by atoms with Gasteiger partial charge in [-0.25, -0.2) is 18.9 Å². The lowest BCUT2D eigenvalue weighted by Gasteiger charge is -2.08. The largest absolute Gasteiger partial charge is 0.512 e. The molecule has 0 bridgehead atoms. The van der Waals surface area contributed by atoms with Crippen LogP contribution < -0.4 is 4.74 Å². The lowest BCUT2D eigenvalue weighted by atomic mass is 10.2. The van der Waals surface area contributed by atoms with Crippen LogP contribution >= 0.6 is 23.2 Å². The fraction of sp³-hybridized carbons (Fsp3) is 0. The Kier molecular flexibility index (Phi) is 4.56. The number of hydrogen-bond acceptors (Lipinski definition) is 4. The third kappa shape index (κ3) is 3.54. The molecule has 6 nitrogen and oxygen atoms in total. The number of benzene rings is 1. The Hall–Kier alpha value is -2.71. The Morgan fingerprint density at radius 2 is 1.92 bits per heavy atom. The highest BCUT2D eigenvalue weighted by molar-refractivity contribution is 6.31. The SMILES string of the molecule is O=C(O)Oc1cc(-c2cnc(F)c(Cl)c2)n(-c2ccc(F)c(Cl)c2)n1. The van der Waals surface area contributed by atoms with E-state index in [1.165, 1.54) is 35.1 Å². The van der Waals surface area contributed by atoms with Crippen LogP contribution in [0.1, 0.15) is 0 Å². The highest BCUT2D eigenvalue weighted by Gasteiger charge is 2.17. The molecule has 0 aliphatic carbocycles. The van der Waals surface area contributed by atoms with E-state index in [-0.39, 0.29) is 21.6 Å². The van der Waals surface area contributed by atoms with Crippen LogP contribution in [0.5, 0.6) is 5.88 Å². The minimum atomic E-state index is -1.57. The summed E-state index contributed by atoms with van der Waals surface area (Å²) >= 11 is 11.5. The van der Waals surface area contributed by atoms with E-state index < -0.39 is 17.9 Å². The van der Waals surface area contributed by atoms with Crippen molar-refractivity contribution in [2.75, 3.05) is 0 Å². The van der Waals surface area contributed by atoms with Crippen molar-refractivity contribution in [2.24, 2.45) is 0 Å². The molecule has 1 N–H and O–H groups in total. The predicted molar refractivity (Wildman–Crippen MR) is 85.4 cm³/mol. The molecule has 0 amide bonds. The molecule has 128 valence electrons. The Bertz CT molecular complexity index is 910. The van der Waals surface area contributed by atoms with Crippen LogP contribution in [-0.2, 0) is 0 Å². The molecule has 0 aliphatic rings. The molecule has 3 rings (SSSR count). The van der Waals surface area contributed by atoms with E-state index in [2.05, 4.69) is 14.8 Å². The fourth-order valence-corrected chi connectivity index (χ4v) is 2.42. The van der Waals surface area contributed by atoms with Crippen molar-refractivity contribution in [3.8, 4) is 22.8 Å². The maximum atomic E-state index is 13.4. The number of halogens is 4. The Labute approximate surface area is 149 Å². The van der Waals surface area contributed by atoms with Gasteiger partial charge in [0.1, 0.15) is 5.82 Å². The summed E-state index contributed by atoms with van der Waals surface area (Å²) in [6.45, 7) is 0. The van der Waals surface area contributed by atoms with Crippen molar-refractivity contribution < 1.29 is 23.4 Å². The molecule has 0 radical (unpaired) electrons. The van der Waals surface area contributed by atoms with Gasteiger partial charge in [-0.3, -0.25) is 0 Å². The van der Waals surface area contributed by atoms with Crippen LogP contribution in [0, 0.1) is 11.8 Å². The van der Waals surface area contributed by atoms with Gasteiger partial charge in [0.15, 0.2) is 0 Å². The van der Waals surface area contributed by atoms with Gasteiger partial charge in [-0.1, -0.05) is 23.2 Å². The summed E-state index contributed by atoms with van der Waals surface area (Å²) in [6.07, 6.45) is -0.381. The smallest absolute Gasteiger partial charge is 0.449 e. The third-order valence-corrected chi connectivity index (χ3v) is 3.67. The van der Waals surface area contributed by atoms with Crippen LogP contribution in [0.2, 0.25) is 10.0 Å². The van der Waals surface area contributed by atoms with E-state index in [1.54, 1.807) is 0 Å². The quantitative estimate of drug-likeness (QED) is 0.527. The van der Waals surface area contributed by atoms with E-state index in [9.17, 15) is 13.6 Å². The minimum Gasteiger partial charge on any atom is -0.449 e. The molecule has 0 saturated carbocycles. The van der Waals surface area contributed by atoms with E-state index in [0.29, 0.717) is 11.3 Å². The van der Waals surface area contributed by atoms with Gasteiger partial charge in [0.2, 0.25) is 11.8 Å². The lowest BCUT2D eigenvalue weighted by molar-refractivity contribution is 0.142. The number of carboxylic acid groups (broad SMARTS) is 1. The summed E-state index contributed by atoms with van der Waals surface area (Å²) in [5.74, 6) is -1.74. The van der Waals surface area contributed by atoms with Crippen LogP contribution in [0.3, 0.4) is 0 Å². The molecule has 0 atom stereocenters. The summed E-state index contributed by atoms with van der Waals surface area (Å²) in [6, 6.07) is 6.36. The summed E-state index contributed by atoms with van der Waals surface area (Å²) in [5.41, 5.74) is 0.940. The summed E-state index contributed by atoms with van der Waals surface area (Å²) in [5, 5.41) is 12.3. The maximum absolute atomic E-state index is 13.4. The second-order valence-electron chi connectivity index (χ2n) is 4.74. The first kappa shape index (κ1) is 17.1. The van der Waals surface area contributed by atoms with Crippen LogP contribution in [0.15, 0.2) is 36.5 Å². The molecule has 1 aromatic carbocycles. The van der Waals surface area contributed by atoms with Gasteiger partial charge in [-0.15, -0.1) is 5.10 Å². The monoisotopic (exact) mass is 385 g/mol. The van der Waals surface area contributed by atoms with E-state index >= 15 is 0 Å². The first-order valence-corrected chi connectivity index (χ1v) is 7.38. The summed E-state index contributed by atoms with van der Waals surface area (Å²) in [4.78, 5) is 14.2. The van der Waals surface area contributed by atoms with E-state index in [1.807, 2.05) is 0 Å². The summed E-state index contributed by atoms with van der Waals surface area (Å²) < 4.78 is 32.4. The zero-order chi connectivity index (χ0) is 18.1. The lowest BCUT2D eigenvalue weighted by Crippen LogP contribution is -2.04. The van der Waals surface area contributed by atoms with Crippen molar-refractivity contribution in [1.82, 2.24) is 14.8 Å². The van der Waals surface area contributed by atoms with Crippen molar-refractivity contribution >= 4 is 29.4 Å². The van der Waals surface area contributed by atoms with Gasteiger partial charge >= 0.3 is 6.16 Å². The number of aromatic nitrogens is 3. The standard InChI is InChI=1S/C15H7Cl2F2N3O3/c16-9-4-8(1-2-11(9)18)22-12(5-13(21-22)25-15(23)24)7-3-10(17)14(19)20-6-7/h1-6H,(H,23,24). The Balaban J connectivity index is 2.18. The van der Waals surface area contributed by atoms with Crippen LogP contribution in [0.4, 0.5) is 13.6 Å². The molecule has 0 spiro atoms. The van der Waals surface area contributed by atoms with Crippen molar-refractivity contribution in [2.45, 2.75) is 0 Å². The van der Waals surface area contributed by atoms with Gasteiger partial charge in [0, 0.05) is 17.8 Å². The first-order chi connectivity index (χ1) is 11.8. The van der Waals surface area contributed by atoms with Gasteiger partial charge in [0.25, 0.3) is 0 Å². The predicted octanol–water partition coefficient (Wildman–Crippen LogP) is 4.58. The number of nitrogens with zero attached hydrogens (tertiary/aromatic N) is 3. The molecular weight excluding hydrogens is 379 g/mol. The molecular formula is C15H7Cl2F2N3O3. The van der Waals surface area contributed by atoms with E-state index in [0.717, 1.165) is 6.07 Å². The Morgan fingerprint density at radius 1 is 1.16 bits per heavy atom. The zero-order valence-electron chi connectivity index (χ0n) is 12.1. The molecule has 0 aliphatic heterocycles. The fourth-order valence-electron chi connectivity index (χ4n) is 2.08. The molecule has 2 heterocycles. The number of rotatable bonds is 3. The highest BCUT2D eigenvalue weighted by Crippen LogP contribution is 2.30. The summed E-state index contributed by atoms with van der Waals surface area (Å²) in [7, 11) is 0. The van der Waals surface area contributed by atoms with Crippen LogP contribution in [-0.4, -0.2) is 26.0 Å². The maximum Gasteiger partial charge on any atom is 0.512 e. The average Bonchev–Trinajstić information content (AvgIpc) is 2.95. The van der Waals surface area contributed by atoms with Crippen molar-refractivity contribution in [3.63, 3.8) is 0 Å². The molecule has 0 fully saturated rings. The zero-order valence-corrected chi connectivity index (χ0v) is 13.6. The molecule has 2 aromatic heterocycles. The molecule has 25 heavy (non-hydrogen) atoms. The number of pyridine rings is 1. The third-order valence-electron chi connectivity index (χ3n) is 3.12. The number of carbonyl (C=O) groups is 1. The van der Waals surface area contributed by atoms with Crippen molar-refractivity contribution in [1.29, 1.82) is 0 Å². The minimum absolute atomic E-state index is 0.157. The topological polar surface area (TPSA) is 77.2 Å². The van der Waals surface area contributed by atoms with Crippen LogP contribution in [0.25, 0.3) is 16.9 Å². The van der Waals surface area contributed by atoms with Gasteiger partial charge < -0.3 is 9.84 Å². The molecule has 0 unspecified atom stereocenters. The first-order valence-electron chi connectivity index (χ1n) is 6.63. The second kappa shape index (κ2) is 6.66. The van der Waals surface area contributed by atoms with Gasteiger partial charge in [-0.2, -0.15) is 4.39 Å².